The molecule has 0 spiro atoms. The number of amides is 2. The number of benzene rings is 1. The second-order valence-corrected chi connectivity index (χ2v) is 10.5. The van der Waals surface area contributed by atoms with Crippen LogP contribution in [0.4, 0.5) is 4.39 Å². The van der Waals surface area contributed by atoms with Gasteiger partial charge in [-0.15, -0.1) is 0 Å². The number of likely N-dealkylation sites (N-methyl/N-ethyl adjacent to an activating group) is 1. The summed E-state index contributed by atoms with van der Waals surface area (Å²) < 4.78 is 19.8. The zero-order valence-electron chi connectivity index (χ0n) is 22.3. The van der Waals surface area contributed by atoms with E-state index < -0.39 is 12.1 Å². The minimum absolute atomic E-state index is 0.0507. The average molecular weight is 522 g/mol. The Kier molecular flexibility index (Phi) is 9.01. The van der Waals surface area contributed by atoms with Crippen molar-refractivity contribution in [1.82, 2.24) is 14.8 Å². The van der Waals surface area contributed by atoms with E-state index in [9.17, 15) is 19.1 Å². The summed E-state index contributed by atoms with van der Waals surface area (Å²) in [7, 11) is 1.81. The number of pyridine rings is 1. The number of aliphatic hydroxyl groups excluding tert-OH is 1. The Morgan fingerprint density at radius 3 is 2.68 bits per heavy atom. The standard InChI is InChI=1S/C30H36FN3O4/c1-20-17-34(21(2)19-35)30(37)26-15-23(13-12-22-8-7-11-25(31)14-22)16-32-28(26)38-27(20)18-33(3)29(36)24-9-5-4-6-10-24/h7-8,11,14-16,20-21,24,27,35H,4-6,9-10,17-19H2,1-3H3/t20-,21-,27+/m0/s1. The molecule has 0 saturated heterocycles. The Morgan fingerprint density at radius 1 is 1.24 bits per heavy atom. The number of hydrogen-bond donors (Lipinski definition) is 1. The van der Waals surface area contributed by atoms with Crippen molar-refractivity contribution in [2.45, 2.75) is 58.1 Å². The average Bonchev–Trinajstić information content (AvgIpc) is 2.93. The van der Waals surface area contributed by atoms with Crippen LogP contribution in [-0.4, -0.2) is 70.6 Å². The first kappa shape index (κ1) is 27.6. The third kappa shape index (κ3) is 6.51. The van der Waals surface area contributed by atoms with Crippen LogP contribution < -0.4 is 4.74 Å². The maximum Gasteiger partial charge on any atom is 0.259 e. The van der Waals surface area contributed by atoms with E-state index in [-0.39, 0.29) is 47.5 Å². The van der Waals surface area contributed by atoms with E-state index in [0.717, 1.165) is 25.7 Å². The Morgan fingerprint density at radius 2 is 1.97 bits per heavy atom. The van der Waals surface area contributed by atoms with E-state index in [4.69, 9.17) is 4.74 Å². The number of aromatic nitrogens is 1. The molecule has 3 atom stereocenters. The molecular formula is C30H36FN3O4. The minimum Gasteiger partial charge on any atom is -0.472 e. The molecule has 1 aromatic heterocycles. The molecule has 1 aliphatic carbocycles. The number of hydrogen-bond acceptors (Lipinski definition) is 5. The molecule has 202 valence electrons. The number of aliphatic hydroxyl groups is 1. The molecule has 38 heavy (non-hydrogen) atoms. The Bertz CT molecular complexity index is 1220. The summed E-state index contributed by atoms with van der Waals surface area (Å²) in [4.78, 5) is 34.5. The van der Waals surface area contributed by atoms with Gasteiger partial charge in [0.15, 0.2) is 0 Å². The van der Waals surface area contributed by atoms with Gasteiger partial charge in [0, 0.05) is 42.8 Å². The van der Waals surface area contributed by atoms with E-state index in [1.54, 1.807) is 34.9 Å². The Labute approximate surface area is 224 Å². The minimum atomic E-state index is -0.416. The molecule has 7 nitrogen and oxygen atoms in total. The van der Waals surface area contributed by atoms with E-state index in [2.05, 4.69) is 16.8 Å². The van der Waals surface area contributed by atoms with Crippen molar-refractivity contribution < 1.29 is 23.8 Å². The first-order valence-electron chi connectivity index (χ1n) is 13.4. The summed E-state index contributed by atoms with van der Waals surface area (Å²) in [5, 5.41) is 9.87. The van der Waals surface area contributed by atoms with Gasteiger partial charge < -0.3 is 19.6 Å². The topological polar surface area (TPSA) is 83.0 Å². The van der Waals surface area contributed by atoms with Gasteiger partial charge in [0.1, 0.15) is 17.5 Å². The summed E-state index contributed by atoms with van der Waals surface area (Å²) in [5.74, 6) is 5.42. The molecule has 0 unspecified atom stereocenters. The summed E-state index contributed by atoms with van der Waals surface area (Å²) in [6.45, 7) is 4.31. The molecule has 2 aliphatic rings. The van der Waals surface area contributed by atoms with E-state index in [1.807, 2.05) is 14.0 Å². The lowest BCUT2D eigenvalue weighted by atomic mass is 9.88. The molecule has 1 aliphatic heterocycles. The summed E-state index contributed by atoms with van der Waals surface area (Å²) in [6, 6.07) is 7.18. The third-order valence-electron chi connectivity index (χ3n) is 7.48. The first-order chi connectivity index (χ1) is 18.3. The Hall–Kier alpha value is -3.44. The Balaban J connectivity index is 1.62. The number of ether oxygens (including phenoxy) is 1. The van der Waals surface area contributed by atoms with E-state index in [1.165, 1.54) is 24.8 Å². The molecule has 1 fully saturated rings. The molecule has 1 N–H and O–H groups in total. The van der Waals surface area contributed by atoms with Gasteiger partial charge in [-0.1, -0.05) is 44.1 Å². The van der Waals surface area contributed by atoms with Crippen molar-refractivity contribution in [2.24, 2.45) is 11.8 Å². The largest absolute Gasteiger partial charge is 0.472 e. The van der Waals surface area contributed by atoms with Gasteiger partial charge in [-0.3, -0.25) is 9.59 Å². The van der Waals surface area contributed by atoms with Gasteiger partial charge in [-0.25, -0.2) is 9.37 Å². The summed E-state index contributed by atoms with van der Waals surface area (Å²) in [6.07, 6.45) is 6.31. The SMILES string of the molecule is C[C@H]1CN([C@@H](C)CO)C(=O)c2cc(C#Cc3cccc(F)c3)cnc2O[C@@H]1CN(C)C(=O)C1CCCCC1. The van der Waals surface area contributed by atoms with Crippen LogP contribution in [0.1, 0.15) is 67.4 Å². The van der Waals surface area contributed by atoms with Gasteiger partial charge in [0.05, 0.1) is 19.2 Å². The normalized spacial score (nSPS) is 20.8. The van der Waals surface area contributed by atoms with Crippen molar-refractivity contribution in [3.8, 4) is 17.7 Å². The van der Waals surface area contributed by atoms with Crippen LogP contribution in [-0.2, 0) is 4.79 Å². The monoisotopic (exact) mass is 521 g/mol. The molecule has 4 rings (SSSR count). The third-order valence-corrected chi connectivity index (χ3v) is 7.48. The molecule has 1 aromatic carbocycles. The number of carbonyl (C=O) groups is 2. The van der Waals surface area contributed by atoms with Crippen LogP contribution in [0.2, 0.25) is 0 Å². The molecule has 2 aromatic rings. The molecule has 8 heteroatoms. The zero-order chi connectivity index (χ0) is 27.2. The maximum absolute atomic E-state index is 13.6. The van der Waals surface area contributed by atoms with Crippen molar-refractivity contribution in [1.29, 1.82) is 0 Å². The van der Waals surface area contributed by atoms with Crippen molar-refractivity contribution in [3.05, 3.63) is 59.0 Å². The lowest BCUT2D eigenvalue weighted by molar-refractivity contribution is -0.136. The molecular weight excluding hydrogens is 485 g/mol. The zero-order valence-corrected chi connectivity index (χ0v) is 22.3. The van der Waals surface area contributed by atoms with Crippen molar-refractivity contribution in [3.63, 3.8) is 0 Å². The second kappa shape index (κ2) is 12.4. The van der Waals surface area contributed by atoms with E-state index in [0.29, 0.717) is 24.2 Å². The highest BCUT2D eigenvalue weighted by Gasteiger charge is 2.35. The van der Waals surface area contributed by atoms with Gasteiger partial charge in [0.2, 0.25) is 11.8 Å². The summed E-state index contributed by atoms with van der Waals surface area (Å²) in [5.41, 5.74) is 1.24. The lowest BCUT2D eigenvalue weighted by Gasteiger charge is -2.38. The highest BCUT2D eigenvalue weighted by atomic mass is 19.1. The van der Waals surface area contributed by atoms with Crippen LogP contribution in [0.5, 0.6) is 5.88 Å². The predicted molar refractivity (Wildman–Crippen MR) is 142 cm³/mol. The molecule has 0 radical (unpaired) electrons. The van der Waals surface area contributed by atoms with Gasteiger partial charge >= 0.3 is 0 Å². The highest BCUT2D eigenvalue weighted by molar-refractivity contribution is 5.97. The van der Waals surface area contributed by atoms with Crippen LogP contribution in [0.3, 0.4) is 0 Å². The molecule has 1 saturated carbocycles. The van der Waals surface area contributed by atoms with Crippen molar-refractivity contribution >= 4 is 11.8 Å². The number of fused-ring (bicyclic) bond motifs is 1. The smallest absolute Gasteiger partial charge is 0.259 e. The van der Waals surface area contributed by atoms with Crippen LogP contribution in [0.25, 0.3) is 0 Å². The first-order valence-corrected chi connectivity index (χ1v) is 13.4. The fraction of sp³-hybridized carbons (Fsp3) is 0.500. The number of rotatable bonds is 5. The number of nitrogens with zero attached hydrogens (tertiary/aromatic N) is 3. The highest BCUT2D eigenvalue weighted by Crippen LogP contribution is 2.29. The molecule has 2 heterocycles. The molecule has 2 amide bonds. The molecule has 0 bridgehead atoms. The van der Waals surface area contributed by atoms with Crippen LogP contribution >= 0.6 is 0 Å². The fourth-order valence-electron chi connectivity index (χ4n) is 5.12. The second-order valence-electron chi connectivity index (χ2n) is 10.5. The lowest BCUT2D eigenvalue weighted by Crippen LogP contribution is -2.51. The van der Waals surface area contributed by atoms with Crippen LogP contribution in [0.15, 0.2) is 36.5 Å². The summed E-state index contributed by atoms with van der Waals surface area (Å²) >= 11 is 0. The van der Waals surface area contributed by atoms with Crippen molar-refractivity contribution in [2.75, 3.05) is 26.7 Å². The number of halogens is 1. The fourth-order valence-corrected chi connectivity index (χ4v) is 5.12. The van der Waals surface area contributed by atoms with Gasteiger partial charge in [-0.05, 0) is 44.0 Å². The quantitative estimate of drug-likeness (QED) is 0.604. The van der Waals surface area contributed by atoms with Crippen LogP contribution in [0, 0.1) is 29.5 Å². The van der Waals surface area contributed by atoms with Gasteiger partial charge in [0.25, 0.3) is 5.91 Å². The predicted octanol–water partition coefficient (Wildman–Crippen LogP) is 3.88. The number of carbonyl (C=O) groups excluding carboxylic acids is 2. The maximum atomic E-state index is 13.6. The van der Waals surface area contributed by atoms with E-state index >= 15 is 0 Å². The van der Waals surface area contributed by atoms with Gasteiger partial charge in [-0.2, -0.15) is 0 Å².